The molecule has 0 bridgehead atoms. The zero-order chi connectivity index (χ0) is 48.4. The molecule has 2 rings (SSSR count). The number of carbonyl (C=O) groups excluding carboxylic acids is 10. The minimum Gasteiger partial charge on any atom is -0.394 e. The fourth-order valence-corrected chi connectivity index (χ4v) is 8.90. The van der Waals surface area contributed by atoms with Crippen LogP contribution in [0.2, 0.25) is 0 Å². The van der Waals surface area contributed by atoms with Crippen LogP contribution in [0.25, 0.3) is 0 Å². The number of Topliss-reactive ketones (excluding diaryl/α,β-unsaturated/α-hetero) is 3. The number of rotatable bonds is 28. The van der Waals surface area contributed by atoms with Gasteiger partial charge >= 0.3 is 0 Å². The lowest BCUT2D eigenvalue weighted by Gasteiger charge is -2.32. The van der Waals surface area contributed by atoms with Crippen molar-refractivity contribution < 1.29 is 53.1 Å². The van der Waals surface area contributed by atoms with Gasteiger partial charge in [0, 0.05) is 51.1 Å². The van der Waals surface area contributed by atoms with E-state index in [2.05, 4.69) is 21.3 Å². The van der Waals surface area contributed by atoms with Crippen LogP contribution in [-0.4, -0.2) is 142 Å². The number of primary amides is 1. The van der Waals surface area contributed by atoms with E-state index in [0.717, 1.165) is 0 Å². The molecule has 362 valence electrons. The number of ketones is 3. The van der Waals surface area contributed by atoms with Gasteiger partial charge in [0.15, 0.2) is 17.3 Å². The third kappa shape index (κ3) is 16.9. The van der Waals surface area contributed by atoms with E-state index < -0.39 is 102 Å². The summed E-state index contributed by atoms with van der Waals surface area (Å²) >= 11 is 1.47. The SMILES string of the molecule is CC[C@H](C)[C@H](NC(=O)[C@@H]1CCCN1C(=O)[C@H](CO)NC(=O)[C@H](CCC(N)=O)CC(=O)[C@H](CCSC)NC(C)=O)C(=O)C[C@H](C(=O)N[C@@H](CC(C)C)C(=O)N1CCC[C@H]1C(C)=O)C(C)C. The molecule has 9 atom stereocenters. The van der Waals surface area contributed by atoms with Crippen molar-refractivity contribution in [2.75, 3.05) is 31.7 Å². The Balaban J connectivity index is 2.26. The summed E-state index contributed by atoms with van der Waals surface area (Å²) in [4.78, 5) is 135. The summed E-state index contributed by atoms with van der Waals surface area (Å²) in [6, 6.07) is -5.93. The van der Waals surface area contributed by atoms with E-state index in [9.17, 15) is 53.1 Å². The minimum atomic E-state index is -1.52. The lowest BCUT2D eigenvalue weighted by atomic mass is 9.84. The third-order valence-electron chi connectivity index (χ3n) is 12.3. The predicted octanol–water partition coefficient (Wildman–Crippen LogP) is 1.43. The molecule has 64 heavy (non-hydrogen) atoms. The number of nitrogens with one attached hydrogen (secondary N) is 4. The van der Waals surface area contributed by atoms with Crippen LogP contribution in [0.3, 0.4) is 0 Å². The van der Waals surface area contributed by atoms with Crippen LogP contribution in [0, 0.1) is 29.6 Å². The number of hydrogen-bond donors (Lipinski definition) is 6. The Morgan fingerprint density at radius 2 is 1.31 bits per heavy atom. The van der Waals surface area contributed by atoms with Gasteiger partial charge in [0.25, 0.3) is 0 Å². The normalized spacial score (nSPS) is 19.5. The molecule has 2 fully saturated rings. The second-order valence-electron chi connectivity index (χ2n) is 18.2. The quantitative estimate of drug-likeness (QED) is 0.0651. The third-order valence-corrected chi connectivity index (χ3v) is 13.0. The van der Waals surface area contributed by atoms with Crippen molar-refractivity contribution in [3.05, 3.63) is 0 Å². The van der Waals surface area contributed by atoms with Gasteiger partial charge in [-0.25, -0.2) is 0 Å². The fraction of sp³-hybridized carbons (Fsp3) is 0.778. The summed E-state index contributed by atoms with van der Waals surface area (Å²) in [5, 5.41) is 21.2. The molecule has 7 amide bonds. The van der Waals surface area contributed by atoms with Crippen molar-refractivity contribution in [3.63, 3.8) is 0 Å². The van der Waals surface area contributed by atoms with Gasteiger partial charge in [-0.15, -0.1) is 0 Å². The topological polar surface area (TPSA) is 272 Å². The van der Waals surface area contributed by atoms with Crippen LogP contribution in [0.4, 0.5) is 0 Å². The first-order valence-electron chi connectivity index (χ1n) is 22.8. The lowest BCUT2D eigenvalue weighted by molar-refractivity contribution is -0.144. The van der Waals surface area contributed by atoms with E-state index >= 15 is 0 Å². The fourth-order valence-electron chi connectivity index (χ4n) is 8.43. The lowest BCUT2D eigenvalue weighted by Crippen LogP contribution is -2.57. The summed E-state index contributed by atoms with van der Waals surface area (Å²) in [6.07, 6.45) is 3.85. The van der Waals surface area contributed by atoms with Crippen LogP contribution in [0.15, 0.2) is 0 Å². The van der Waals surface area contributed by atoms with E-state index in [1.165, 1.54) is 30.5 Å². The van der Waals surface area contributed by atoms with E-state index in [4.69, 9.17) is 5.73 Å². The molecule has 0 aromatic carbocycles. The first kappa shape index (κ1) is 55.7. The van der Waals surface area contributed by atoms with Crippen molar-refractivity contribution >= 4 is 70.5 Å². The Labute approximate surface area is 382 Å². The van der Waals surface area contributed by atoms with Crippen LogP contribution in [0.1, 0.15) is 126 Å². The maximum Gasteiger partial charge on any atom is 0.248 e. The van der Waals surface area contributed by atoms with Crippen molar-refractivity contribution in [2.24, 2.45) is 35.3 Å². The van der Waals surface area contributed by atoms with E-state index in [1.807, 2.05) is 27.0 Å². The number of nitrogens with two attached hydrogens (primary N) is 1. The van der Waals surface area contributed by atoms with Gasteiger partial charge in [0.1, 0.15) is 18.1 Å². The summed E-state index contributed by atoms with van der Waals surface area (Å²) in [6.45, 7) is 13.5. The molecule has 0 radical (unpaired) electrons. The van der Waals surface area contributed by atoms with Crippen molar-refractivity contribution in [3.8, 4) is 0 Å². The second kappa shape index (κ2) is 27.2. The number of aliphatic hydroxyl groups is 1. The molecule has 2 aliphatic rings. The van der Waals surface area contributed by atoms with Gasteiger partial charge in [-0.2, -0.15) is 11.8 Å². The zero-order valence-electron chi connectivity index (χ0n) is 39.4. The summed E-state index contributed by atoms with van der Waals surface area (Å²) in [5.41, 5.74) is 5.35. The number of carbonyl (C=O) groups is 10. The number of likely N-dealkylation sites (tertiary alicyclic amines) is 2. The molecule has 2 aliphatic heterocycles. The maximum atomic E-state index is 14.2. The van der Waals surface area contributed by atoms with Gasteiger partial charge in [-0.3, -0.25) is 47.9 Å². The van der Waals surface area contributed by atoms with Crippen LogP contribution in [0.5, 0.6) is 0 Å². The highest BCUT2D eigenvalue weighted by Crippen LogP contribution is 2.25. The second-order valence-corrected chi connectivity index (χ2v) is 19.2. The van der Waals surface area contributed by atoms with Crippen LogP contribution in [-0.2, 0) is 47.9 Å². The average molecular weight is 922 g/mol. The molecule has 0 aromatic heterocycles. The molecule has 0 saturated carbocycles. The monoisotopic (exact) mass is 922 g/mol. The Hall–Kier alpha value is -4.39. The van der Waals surface area contributed by atoms with Gasteiger partial charge in [-0.1, -0.05) is 48.0 Å². The molecule has 2 heterocycles. The molecule has 7 N–H and O–H groups in total. The average Bonchev–Trinajstić information content (AvgIpc) is 3.93. The number of thioether (sulfide) groups is 1. The standard InChI is InChI=1S/C45H75N7O11S/c1-10-27(6)40(38(57)23-31(26(4)5)42(60)48-33(21-25(2)3)44(62)51-18-11-13-35(51)28(7)54)50-43(61)36-14-12-19-52(36)45(63)34(24-53)49-41(59)30(15-16-39(46)58)22-37(56)32(17-20-64-9)47-29(8)55/h25-27,30-36,40,53H,10-24H2,1-9H3,(H2,46,58)(H,47,55)(H,48,60)(H,49,59)(H,50,61)/t27-,30+,31-,32-,33-,34-,35-,36-,40-/m0/s1. The first-order valence-corrected chi connectivity index (χ1v) is 24.2. The molecule has 0 unspecified atom stereocenters. The Morgan fingerprint density at radius 1 is 0.734 bits per heavy atom. The molecule has 18 nitrogen and oxygen atoms in total. The van der Waals surface area contributed by atoms with Crippen molar-refractivity contribution in [1.82, 2.24) is 31.1 Å². The highest BCUT2D eigenvalue weighted by molar-refractivity contribution is 7.98. The van der Waals surface area contributed by atoms with Crippen LogP contribution < -0.4 is 27.0 Å². The van der Waals surface area contributed by atoms with Gasteiger partial charge in [0.05, 0.1) is 24.7 Å². The first-order chi connectivity index (χ1) is 30.1. The van der Waals surface area contributed by atoms with Crippen molar-refractivity contribution in [2.45, 2.75) is 162 Å². The van der Waals surface area contributed by atoms with Gasteiger partial charge in [0.2, 0.25) is 41.4 Å². The number of hydrogen-bond acceptors (Lipinski definition) is 12. The molecule has 19 heteroatoms. The predicted molar refractivity (Wildman–Crippen MR) is 242 cm³/mol. The molecule has 0 aromatic rings. The molecular weight excluding hydrogens is 847 g/mol. The maximum absolute atomic E-state index is 14.2. The summed E-state index contributed by atoms with van der Waals surface area (Å²) in [7, 11) is 0. The molecular formula is C45H75N7O11S. The van der Waals surface area contributed by atoms with E-state index in [1.54, 1.807) is 25.7 Å². The van der Waals surface area contributed by atoms with Gasteiger partial charge < -0.3 is 41.9 Å². The highest BCUT2D eigenvalue weighted by Gasteiger charge is 2.42. The summed E-state index contributed by atoms with van der Waals surface area (Å²) < 4.78 is 0. The largest absolute Gasteiger partial charge is 0.394 e. The zero-order valence-corrected chi connectivity index (χ0v) is 40.2. The highest BCUT2D eigenvalue weighted by atomic mass is 32.2. The molecule has 0 spiro atoms. The molecule has 0 aliphatic carbocycles. The van der Waals surface area contributed by atoms with E-state index in [0.29, 0.717) is 50.8 Å². The van der Waals surface area contributed by atoms with Gasteiger partial charge in [-0.05, 0) is 81.6 Å². The van der Waals surface area contributed by atoms with Crippen molar-refractivity contribution in [1.29, 1.82) is 0 Å². The van der Waals surface area contributed by atoms with Crippen LogP contribution >= 0.6 is 11.8 Å². The number of nitrogens with zero attached hydrogens (tertiary/aromatic N) is 2. The molecule has 2 saturated heterocycles. The van der Waals surface area contributed by atoms with E-state index in [-0.39, 0.29) is 68.1 Å². The number of amides is 7. The Morgan fingerprint density at radius 3 is 1.83 bits per heavy atom. The smallest absolute Gasteiger partial charge is 0.248 e. The number of aliphatic hydroxyl groups excluding tert-OH is 1. The Bertz CT molecular complexity index is 1680. The minimum absolute atomic E-state index is 0.0355. The Kier molecular flexibility index (Phi) is 23.7. The summed E-state index contributed by atoms with van der Waals surface area (Å²) in [5.74, 6) is -7.20.